The molecule has 0 radical (unpaired) electrons. The van der Waals surface area contributed by atoms with E-state index in [1.54, 1.807) is 0 Å². The molecule has 2 rings (SSSR count). The van der Waals surface area contributed by atoms with Crippen molar-refractivity contribution < 1.29 is 14.3 Å². The lowest BCUT2D eigenvalue weighted by Crippen LogP contribution is -2.45. The Hall–Kier alpha value is -0.810. The molecule has 2 atom stereocenters. The van der Waals surface area contributed by atoms with Crippen molar-refractivity contribution >= 4 is 6.09 Å². The van der Waals surface area contributed by atoms with E-state index in [0.29, 0.717) is 23.9 Å². The van der Waals surface area contributed by atoms with Gasteiger partial charge in [0, 0.05) is 32.3 Å². The fourth-order valence-corrected chi connectivity index (χ4v) is 3.50. The molecule has 5 nitrogen and oxygen atoms in total. The maximum atomic E-state index is 11.8. The molecule has 2 aliphatic rings. The number of rotatable bonds is 5. The molecule has 1 aliphatic carbocycles. The van der Waals surface area contributed by atoms with E-state index >= 15 is 0 Å². The zero-order valence-electron chi connectivity index (χ0n) is 15.2. The second-order valence-corrected chi connectivity index (χ2v) is 8.48. The third kappa shape index (κ3) is 6.30. The second-order valence-electron chi connectivity index (χ2n) is 8.48. The first-order valence-corrected chi connectivity index (χ1v) is 9.05. The van der Waals surface area contributed by atoms with Gasteiger partial charge in [-0.25, -0.2) is 4.79 Å². The molecule has 0 bridgehead atoms. The normalized spacial score (nSPS) is 27.7. The van der Waals surface area contributed by atoms with Crippen molar-refractivity contribution in [3.63, 3.8) is 0 Å². The average molecular weight is 326 g/mol. The summed E-state index contributed by atoms with van der Waals surface area (Å²) in [6, 6.07) is 0.504. The van der Waals surface area contributed by atoms with E-state index < -0.39 is 5.60 Å². The molecule has 2 unspecified atom stereocenters. The first-order chi connectivity index (χ1) is 10.8. The van der Waals surface area contributed by atoms with E-state index in [0.717, 1.165) is 32.6 Å². The Labute approximate surface area is 140 Å². The van der Waals surface area contributed by atoms with Gasteiger partial charge in [-0.2, -0.15) is 0 Å². The van der Waals surface area contributed by atoms with Crippen LogP contribution in [0.3, 0.4) is 0 Å². The van der Waals surface area contributed by atoms with E-state index in [1.165, 1.54) is 19.3 Å². The summed E-state index contributed by atoms with van der Waals surface area (Å²) in [6.45, 7) is 11.5. The van der Waals surface area contributed by atoms with Crippen LogP contribution in [0.1, 0.15) is 59.8 Å². The molecule has 1 heterocycles. The van der Waals surface area contributed by atoms with Crippen LogP contribution in [0.2, 0.25) is 0 Å². The number of hydrogen-bond donors (Lipinski definition) is 2. The van der Waals surface area contributed by atoms with Gasteiger partial charge in [-0.1, -0.05) is 13.3 Å². The maximum absolute atomic E-state index is 11.8. The minimum absolute atomic E-state index is 0.306. The molecule has 1 saturated carbocycles. The summed E-state index contributed by atoms with van der Waals surface area (Å²) >= 11 is 0. The van der Waals surface area contributed by atoms with Crippen LogP contribution in [-0.4, -0.2) is 44.0 Å². The number of amides is 1. The molecule has 2 fully saturated rings. The molecule has 23 heavy (non-hydrogen) atoms. The Morgan fingerprint density at radius 2 is 1.96 bits per heavy atom. The molecular weight excluding hydrogens is 292 g/mol. The van der Waals surface area contributed by atoms with Crippen molar-refractivity contribution in [2.45, 2.75) is 71.4 Å². The van der Waals surface area contributed by atoms with Crippen molar-refractivity contribution in [1.82, 2.24) is 10.6 Å². The van der Waals surface area contributed by atoms with Gasteiger partial charge >= 0.3 is 6.09 Å². The summed E-state index contributed by atoms with van der Waals surface area (Å²) in [4.78, 5) is 11.8. The Morgan fingerprint density at radius 3 is 2.61 bits per heavy atom. The van der Waals surface area contributed by atoms with E-state index in [9.17, 15) is 4.79 Å². The highest BCUT2D eigenvalue weighted by Gasteiger charge is 2.32. The number of carbonyl (C=O) groups excluding carboxylic acids is 1. The van der Waals surface area contributed by atoms with Crippen LogP contribution in [0.15, 0.2) is 0 Å². The summed E-state index contributed by atoms with van der Waals surface area (Å²) < 4.78 is 10.8. The van der Waals surface area contributed by atoms with Gasteiger partial charge in [0.25, 0.3) is 0 Å². The molecule has 1 saturated heterocycles. The van der Waals surface area contributed by atoms with Crippen molar-refractivity contribution in [1.29, 1.82) is 0 Å². The van der Waals surface area contributed by atoms with E-state index in [4.69, 9.17) is 9.47 Å². The summed E-state index contributed by atoms with van der Waals surface area (Å²) in [6.07, 6.45) is 5.57. The largest absolute Gasteiger partial charge is 0.444 e. The number of nitrogens with one attached hydrogen (secondary N) is 2. The van der Waals surface area contributed by atoms with E-state index in [1.807, 2.05) is 20.8 Å². The molecule has 0 aromatic rings. The first-order valence-electron chi connectivity index (χ1n) is 9.05. The Morgan fingerprint density at radius 1 is 1.26 bits per heavy atom. The van der Waals surface area contributed by atoms with E-state index in [-0.39, 0.29) is 6.09 Å². The zero-order valence-corrected chi connectivity index (χ0v) is 15.2. The average Bonchev–Trinajstić information content (AvgIpc) is 2.89. The van der Waals surface area contributed by atoms with Gasteiger partial charge < -0.3 is 20.1 Å². The highest BCUT2D eigenvalue weighted by molar-refractivity contribution is 5.67. The molecule has 1 amide bonds. The van der Waals surface area contributed by atoms with Crippen LogP contribution < -0.4 is 10.6 Å². The van der Waals surface area contributed by atoms with Gasteiger partial charge in [0.1, 0.15) is 5.60 Å². The molecular formula is C18H34N2O3. The third-order valence-electron chi connectivity index (χ3n) is 5.06. The van der Waals surface area contributed by atoms with Crippen molar-refractivity contribution in [2.75, 3.05) is 26.3 Å². The highest BCUT2D eigenvalue weighted by Crippen LogP contribution is 2.31. The number of ether oxygens (including phenoxy) is 2. The molecule has 2 N–H and O–H groups in total. The first kappa shape index (κ1) is 18.5. The fraction of sp³-hybridized carbons (Fsp3) is 0.944. The zero-order chi connectivity index (χ0) is 16.9. The Balaban J connectivity index is 1.73. The van der Waals surface area contributed by atoms with Crippen LogP contribution in [0.5, 0.6) is 0 Å². The third-order valence-corrected chi connectivity index (χ3v) is 5.06. The quantitative estimate of drug-likeness (QED) is 0.815. The number of hydrogen-bond acceptors (Lipinski definition) is 4. The van der Waals surface area contributed by atoms with Crippen LogP contribution in [0.4, 0.5) is 4.79 Å². The minimum atomic E-state index is -0.435. The lowest BCUT2D eigenvalue weighted by molar-refractivity contribution is 0.0221. The topological polar surface area (TPSA) is 59.6 Å². The van der Waals surface area contributed by atoms with Gasteiger partial charge in [0.2, 0.25) is 0 Å². The molecule has 0 aromatic heterocycles. The minimum Gasteiger partial charge on any atom is -0.444 e. The molecule has 0 aromatic carbocycles. The van der Waals surface area contributed by atoms with Gasteiger partial charge in [0.05, 0.1) is 0 Å². The smallest absolute Gasteiger partial charge is 0.407 e. The van der Waals surface area contributed by atoms with Gasteiger partial charge in [0.15, 0.2) is 0 Å². The second kappa shape index (κ2) is 7.84. The summed E-state index contributed by atoms with van der Waals surface area (Å²) in [5.41, 5.74) is -0.0843. The standard InChI is InChI=1S/C18H34N2O3/c1-17(2,3)23-16(21)19-12-14-6-5-7-15(14)20-13-18(4)8-10-22-11-9-18/h14-15,20H,5-13H2,1-4H3,(H,19,21). The van der Waals surface area contributed by atoms with Crippen LogP contribution in [-0.2, 0) is 9.47 Å². The van der Waals surface area contributed by atoms with Gasteiger partial charge in [-0.05, 0) is 57.8 Å². The molecule has 134 valence electrons. The lowest BCUT2D eigenvalue weighted by atomic mass is 9.82. The van der Waals surface area contributed by atoms with Crippen molar-refractivity contribution in [2.24, 2.45) is 11.3 Å². The predicted octanol–water partition coefficient (Wildman–Crippen LogP) is 3.09. The maximum Gasteiger partial charge on any atom is 0.407 e. The van der Waals surface area contributed by atoms with Crippen molar-refractivity contribution in [3.05, 3.63) is 0 Å². The summed E-state index contributed by atoms with van der Waals surface area (Å²) in [5, 5.41) is 6.70. The van der Waals surface area contributed by atoms with Crippen molar-refractivity contribution in [3.8, 4) is 0 Å². The van der Waals surface area contributed by atoms with E-state index in [2.05, 4.69) is 17.6 Å². The highest BCUT2D eigenvalue weighted by atomic mass is 16.6. The lowest BCUT2D eigenvalue weighted by Gasteiger charge is -2.35. The predicted molar refractivity (Wildman–Crippen MR) is 91.5 cm³/mol. The molecule has 1 aliphatic heterocycles. The van der Waals surface area contributed by atoms with Crippen LogP contribution in [0, 0.1) is 11.3 Å². The monoisotopic (exact) mass is 326 g/mol. The molecule has 5 heteroatoms. The van der Waals surface area contributed by atoms with Gasteiger partial charge in [-0.3, -0.25) is 0 Å². The Kier molecular flexibility index (Phi) is 6.32. The van der Waals surface area contributed by atoms with Crippen LogP contribution in [0.25, 0.3) is 0 Å². The summed E-state index contributed by atoms with van der Waals surface area (Å²) in [7, 11) is 0. The van der Waals surface area contributed by atoms with Crippen LogP contribution >= 0.6 is 0 Å². The number of carbonyl (C=O) groups is 1. The molecule has 0 spiro atoms. The number of alkyl carbamates (subject to hydrolysis) is 1. The van der Waals surface area contributed by atoms with Gasteiger partial charge in [-0.15, -0.1) is 0 Å². The summed E-state index contributed by atoms with van der Waals surface area (Å²) in [5.74, 6) is 0.506. The SMILES string of the molecule is CC1(CNC2CCCC2CNC(=O)OC(C)(C)C)CCOCC1. The fourth-order valence-electron chi connectivity index (χ4n) is 3.50. The Bertz CT molecular complexity index is 386.